The molecule has 1 aromatic carbocycles. The Morgan fingerprint density at radius 2 is 1.87 bits per heavy atom. The van der Waals surface area contributed by atoms with Crippen LogP contribution in [0.5, 0.6) is 5.75 Å². The van der Waals surface area contributed by atoms with Crippen molar-refractivity contribution >= 4 is 31.2 Å². The second-order valence-electron chi connectivity index (χ2n) is 6.69. The minimum Gasteiger partial charge on any atom is -0.496 e. The molecule has 30 heavy (non-hydrogen) atoms. The molecule has 0 aliphatic heterocycles. The lowest BCUT2D eigenvalue weighted by atomic mass is 10.1. The van der Waals surface area contributed by atoms with Crippen LogP contribution in [-0.2, 0) is 19.9 Å². The number of hydrogen-bond acceptors (Lipinski definition) is 7. The minimum absolute atomic E-state index is 0.0826. The van der Waals surface area contributed by atoms with Gasteiger partial charge in [0.2, 0.25) is 10.0 Å². The SMILES string of the molecule is COc1cc(C)c(S(=O)(=O)NC[C@@H](c2cccnc2)S(=O)(=O)c2cccs2)cc1C. The number of benzene rings is 1. The van der Waals surface area contributed by atoms with Crippen LogP contribution in [0.3, 0.4) is 0 Å². The second kappa shape index (κ2) is 8.84. The summed E-state index contributed by atoms with van der Waals surface area (Å²) in [5.41, 5.74) is 1.58. The van der Waals surface area contributed by atoms with Crippen LogP contribution in [0, 0.1) is 13.8 Å². The first-order chi connectivity index (χ1) is 14.2. The van der Waals surface area contributed by atoms with Crippen LogP contribution in [0.15, 0.2) is 63.3 Å². The van der Waals surface area contributed by atoms with E-state index in [1.165, 1.54) is 31.6 Å². The van der Waals surface area contributed by atoms with E-state index in [-0.39, 0.29) is 15.6 Å². The maximum absolute atomic E-state index is 13.2. The van der Waals surface area contributed by atoms with Gasteiger partial charge in [-0.05, 0) is 60.2 Å². The van der Waals surface area contributed by atoms with Gasteiger partial charge in [0.05, 0.1) is 12.0 Å². The maximum Gasteiger partial charge on any atom is 0.240 e. The topological polar surface area (TPSA) is 102 Å². The van der Waals surface area contributed by atoms with Crippen LogP contribution >= 0.6 is 11.3 Å². The zero-order valence-corrected chi connectivity index (χ0v) is 19.1. The summed E-state index contributed by atoms with van der Waals surface area (Å²) in [6, 6.07) is 9.56. The first-order valence-electron chi connectivity index (χ1n) is 8.99. The van der Waals surface area contributed by atoms with Gasteiger partial charge in [-0.25, -0.2) is 21.6 Å². The van der Waals surface area contributed by atoms with Crippen molar-refractivity contribution in [2.24, 2.45) is 0 Å². The molecule has 0 amide bonds. The van der Waals surface area contributed by atoms with Gasteiger partial charge in [0.1, 0.15) is 15.2 Å². The molecule has 0 unspecified atom stereocenters. The van der Waals surface area contributed by atoms with E-state index in [1.807, 2.05) is 0 Å². The molecule has 3 rings (SSSR count). The highest BCUT2D eigenvalue weighted by Gasteiger charge is 2.32. The van der Waals surface area contributed by atoms with Crippen LogP contribution in [0.2, 0.25) is 0 Å². The monoisotopic (exact) mass is 466 g/mol. The molecule has 1 atom stereocenters. The molecule has 3 aromatic rings. The van der Waals surface area contributed by atoms with Crippen molar-refractivity contribution in [1.29, 1.82) is 0 Å². The Kier molecular flexibility index (Phi) is 6.61. The van der Waals surface area contributed by atoms with Gasteiger partial charge < -0.3 is 4.74 Å². The Morgan fingerprint density at radius 1 is 1.10 bits per heavy atom. The molecule has 0 fully saturated rings. The summed E-state index contributed by atoms with van der Waals surface area (Å²) in [5, 5.41) is 0.556. The highest BCUT2D eigenvalue weighted by atomic mass is 32.2. The highest BCUT2D eigenvalue weighted by molar-refractivity contribution is 7.93. The molecular formula is C20H22N2O5S3. The van der Waals surface area contributed by atoms with E-state index < -0.39 is 25.1 Å². The van der Waals surface area contributed by atoms with Crippen molar-refractivity contribution in [2.75, 3.05) is 13.7 Å². The maximum atomic E-state index is 13.2. The van der Waals surface area contributed by atoms with Gasteiger partial charge in [0.25, 0.3) is 0 Å². The molecule has 0 aliphatic rings. The number of pyridine rings is 1. The van der Waals surface area contributed by atoms with Crippen LogP contribution in [0.25, 0.3) is 0 Å². The van der Waals surface area contributed by atoms with Gasteiger partial charge in [-0.3, -0.25) is 4.98 Å². The second-order valence-corrected chi connectivity index (χ2v) is 11.7. The van der Waals surface area contributed by atoms with Gasteiger partial charge in [0, 0.05) is 18.9 Å². The summed E-state index contributed by atoms with van der Waals surface area (Å²) in [7, 11) is -6.25. The van der Waals surface area contributed by atoms with Crippen LogP contribution in [-0.4, -0.2) is 35.5 Å². The summed E-state index contributed by atoms with van der Waals surface area (Å²) in [4.78, 5) is 4.08. The molecule has 2 aromatic heterocycles. The van der Waals surface area contributed by atoms with Crippen molar-refractivity contribution in [3.05, 3.63) is 70.9 Å². The summed E-state index contributed by atoms with van der Waals surface area (Å²) in [6.45, 7) is 3.09. The molecule has 0 saturated heterocycles. The smallest absolute Gasteiger partial charge is 0.240 e. The Balaban J connectivity index is 1.96. The number of methoxy groups -OCH3 is 1. The largest absolute Gasteiger partial charge is 0.496 e. The van der Waals surface area contributed by atoms with E-state index >= 15 is 0 Å². The van der Waals surface area contributed by atoms with Gasteiger partial charge in [-0.2, -0.15) is 0 Å². The molecule has 0 spiro atoms. The third-order valence-corrected chi connectivity index (χ3v) is 9.74. The summed E-state index contributed by atoms with van der Waals surface area (Å²) in [6.07, 6.45) is 2.97. The van der Waals surface area contributed by atoms with Crippen molar-refractivity contribution in [3.63, 3.8) is 0 Å². The van der Waals surface area contributed by atoms with Crippen LogP contribution in [0.4, 0.5) is 0 Å². The highest BCUT2D eigenvalue weighted by Crippen LogP contribution is 2.32. The number of hydrogen-bond donors (Lipinski definition) is 1. The zero-order valence-electron chi connectivity index (χ0n) is 16.7. The van der Waals surface area contributed by atoms with E-state index in [9.17, 15) is 16.8 Å². The molecule has 0 bridgehead atoms. The predicted octanol–water partition coefficient (Wildman–Crippen LogP) is 3.26. The van der Waals surface area contributed by atoms with Gasteiger partial charge in [-0.1, -0.05) is 12.1 Å². The standard InChI is InChI=1S/C20H22N2O5S3/c1-14-11-18(15(2)10-17(14)27-3)30(25,26)22-13-19(16-6-4-8-21-12-16)29(23,24)20-7-5-9-28-20/h4-12,19,22H,13H2,1-3H3/t19-/m0/s1. The van der Waals surface area contributed by atoms with Gasteiger partial charge >= 0.3 is 0 Å². The minimum atomic E-state index is -3.96. The number of aryl methyl sites for hydroxylation is 2. The summed E-state index contributed by atoms with van der Waals surface area (Å²) >= 11 is 1.09. The molecule has 1 N–H and O–H groups in total. The molecule has 0 aliphatic carbocycles. The average Bonchev–Trinajstić information content (AvgIpc) is 3.26. The molecule has 10 heteroatoms. The number of nitrogens with zero attached hydrogens (tertiary/aromatic N) is 1. The number of thiophene rings is 1. The Bertz CT molecular complexity index is 1220. The van der Waals surface area contributed by atoms with Crippen molar-refractivity contribution < 1.29 is 21.6 Å². The fourth-order valence-corrected chi connectivity index (χ4v) is 7.39. The first-order valence-corrected chi connectivity index (χ1v) is 12.9. The van der Waals surface area contributed by atoms with Crippen LogP contribution < -0.4 is 9.46 Å². The molecule has 0 radical (unpaired) electrons. The number of nitrogens with one attached hydrogen (secondary N) is 1. The first kappa shape index (κ1) is 22.4. The fourth-order valence-electron chi connectivity index (χ4n) is 3.07. The van der Waals surface area contributed by atoms with Crippen LogP contribution in [0.1, 0.15) is 21.9 Å². The molecule has 7 nitrogen and oxygen atoms in total. The Labute approximate surface area is 180 Å². The number of aromatic nitrogens is 1. The lowest BCUT2D eigenvalue weighted by Gasteiger charge is -2.19. The normalized spacial score (nSPS) is 13.2. The number of ether oxygens (including phenoxy) is 1. The Morgan fingerprint density at radius 3 is 2.47 bits per heavy atom. The van der Waals surface area contributed by atoms with E-state index in [1.54, 1.807) is 43.5 Å². The van der Waals surface area contributed by atoms with E-state index in [2.05, 4.69) is 9.71 Å². The predicted molar refractivity (Wildman–Crippen MR) is 116 cm³/mol. The number of sulfonamides is 1. The lowest BCUT2D eigenvalue weighted by molar-refractivity contribution is 0.411. The van der Waals surface area contributed by atoms with Crippen molar-refractivity contribution in [2.45, 2.75) is 28.2 Å². The lowest BCUT2D eigenvalue weighted by Crippen LogP contribution is -2.32. The Hall–Kier alpha value is -2.27. The average molecular weight is 467 g/mol. The van der Waals surface area contributed by atoms with E-state index in [0.717, 1.165) is 11.3 Å². The quantitative estimate of drug-likeness (QED) is 0.547. The molecule has 2 heterocycles. The van der Waals surface area contributed by atoms with Gasteiger partial charge in [0.15, 0.2) is 9.84 Å². The summed E-state index contributed by atoms with van der Waals surface area (Å²) < 4.78 is 60.2. The van der Waals surface area contributed by atoms with Crippen molar-refractivity contribution in [1.82, 2.24) is 9.71 Å². The van der Waals surface area contributed by atoms with E-state index in [4.69, 9.17) is 4.74 Å². The zero-order chi connectivity index (χ0) is 21.9. The van der Waals surface area contributed by atoms with E-state index in [0.29, 0.717) is 22.4 Å². The molecular weight excluding hydrogens is 444 g/mol. The van der Waals surface area contributed by atoms with Crippen molar-refractivity contribution in [3.8, 4) is 5.75 Å². The third kappa shape index (κ3) is 4.56. The number of sulfone groups is 1. The fraction of sp³-hybridized carbons (Fsp3) is 0.250. The summed E-state index contributed by atoms with van der Waals surface area (Å²) in [5.74, 6) is 0.583. The third-order valence-electron chi connectivity index (χ3n) is 4.65. The molecule has 0 saturated carbocycles. The number of rotatable bonds is 8. The van der Waals surface area contributed by atoms with Gasteiger partial charge in [-0.15, -0.1) is 11.3 Å². The molecule has 160 valence electrons.